The Morgan fingerprint density at radius 3 is 2.42 bits per heavy atom. The van der Waals surface area contributed by atoms with Crippen LogP contribution in [0.25, 0.3) is 0 Å². The van der Waals surface area contributed by atoms with Crippen molar-refractivity contribution in [3.8, 4) is 0 Å². The maximum absolute atomic E-state index is 10.3. The molecule has 4 N–H and O–H groups in total. The van der Waals surface area contributed by atoms with Gasteiger partial charge in [0.1, 0.15) is 0 Å². The lowest BCUT2D eigenvalue weighted by atomic mass is 10.0. The van der Waals surface area contributed by atoms with Gasteiger partial charge in [-0.25, -0.2) is 0 Å². The standard InChI is InChI=1S/C15H16N2O2/c16-15(19)17-12-7-3-1-5-10(12)9-14(18)11-6-2-4-8-13(11)17/h1-8,14-15,18-19H,9,16H2/t14-,15?/m0/s1. The number of para-hydroxylation sites is 2. The number of anilines is 2. The Hall–Kier alpha value is -1.88. The first-order valence-electron chi connectivity index (χ1n) is 6.26. The van der Waals surface area contributed by atoms with Gasteiger partial charge in [-0.15, -0.1) is 0 Å². The molecule has 19 heavy (non-hydrogen) atoms. The van der Waals surface area contributed by atoms with Gasteiger partial charge in [-0.05, 0) is 17.7 Å². The van der Waals surface area contributed by atoms with Crippen molar-refractivity contribution < 1.29 is 10.2 Å². The lowest BCUT2D eigenvalue weighted by Gasteiger charge is -2.29. The van der Waals surface area contributed by atoms with Crippen molar-refractivity contribution in [2.24, 2.45) is 5.73 Å². The largest absolute Gasteiger partial charge is 0.388 e. The summed E-state index contributed by atoms with van der Waals surface area (Å²) in [6, 6.07) is 15.1. The molecule has 98 valence electrons. The number of aliphatic hydroxyl groups excluding tert-OH is 2. The number of fused-ring (bicyclic) bond motifs is 2. The molecule has 2 atom stereocenters. The fourth-order valence-corrected chi connectivity index (χ4v) is 2.64. The van der Waals surface area contributed by atoms with E-state index in [0.717, 1.165) is 22.5 Å². The molecule has 1 aliphatic rings. The number of benzene rings is 2. The van der Waals surface area contributed by atoms with E-state index in [2.05, 4.69) is 0 Å². The highest BCUT2D eigenvalue weighted by atomic mass is 16.3. The van der Waals surface area contributed by atoms with Crippen LogP contribution >= 0.6 is 0 Å². The number of nitrogens with two attached hydrogens (primary N) is 1. The Kier molecular flexibility index (Phi) is 2.98. The molecule has 3 rings (SSSR count). The fourth-order valence-electron chi connectivity index (χ4n) is 2.64. The highest BCUT2D eigenvalue weighted by molar-refractivity contribution is 5.71. The first-order chi connectivity index (χ1) is 9.18. The molecule has 0 bridgehead atoms. The molecule has 0 fully saturated rings. The van der Waals surface area contributed by atoms with Crippen LogP contribution in [0.4, 0.5) is 11.4 Å². The van der Waals surface area contributed by atoms with Crippen LogP contribution in [0, 0.1) is 0 Å². The third-order valence-corrected chi connectivity index (χ3v) is 3.48. The lowest BCUT2D eigenvalue weighted by Crippen LogP contribution is -2.38. The van der Waals surface area contributed by atoms with Crippen molar-refractivity contribution in [2.75, 3.05) is 4.90 Å². The zero-order chi connectivity index (χ0) is 13.4. The van der Waals surface area contributed by atoms with Gasteiger partial charge in [-0.3, -0.25) is 5.73 Å². The van der Waals surface area contributed by atoms with Crippen LogP contribution in [0.2, 0.25) is 0 Å². The average molecular weight is 256 g/mol. The molecule has 2 aromatic carbocycles. The molecule has 0 spiro atoms. The van der Waals surface area contributed by atoms with Crippen LogP contribution in [0.15, 0.2) is 48.5 Å². The number of aliphatic hydroxyl groups is 2. The molecular formula is C15H16N2O2. The summed E-state index contributed by atoms with van der Waals surface area (Å²) in [7, 11) is 0. The van der Waals surface area contributed by atoms with Gasteiger partial charge in [0.05, 0.1) is 11.8 Å². The molecule has 4 heteroatoms. The Morgan fingerprint density at radius 2 is 1.68 bits per heavy atom. The van der Waals surface area contributed by atoms with E-state index in [-0.39, 0.29) is 0 Å². The third-order valence-electron chi connectivity index (χ3n) is 3.48. The van der Waals surface area contributed by atoms with Crippen molar-refractivity contribution in [2.45, 2.75) is 18.9 Å². The minimum Gasteiger partial charge on any atom is -0.388 e. The van der Waals surface area contributed by atoms with E-state index >= 15 is 0 Å². The van der Waals surface area contributed by atoms with E-state index < -0.39 is 12.5 Å². The smallest absolute Gasteiger partial charge is 0.185 e. The molecular weight excluding hydrogens is 240 g/mol. The van der Waals surface area contributed by atoms with Crippen molar-refractivity contribution in [1.29, 1.82) is 0 Å². The molecule has 0 amide bonds. The topological polar surface area (TPSA) is 69.7 Å². The van der Waals surface area contributed by atoms with E-state index in [9.17, 15) is 10.2 Å². The minimum absolute atomic E-state index is 0.510. The van der Waals surface area contributed by atoms with Gasteiger partial charge in [0, 0.05) is 17.7 Å². The highest BCUT2D eigenvalue weighted by Crippen LogP contribution is 2.40. The highest BCUT2D eigenvalue weighted by Gasteiger charge is 2.27. The quantitative estimate of drug-likeness (QED) is 0.679. The maximum atomic E-state index is 10.3. The van der Waals surface area contributed by atoms with Crippen molar-refractivity contribution >= 4 is 11.4 Å². The normalized spacial score (nSPS) is 19.3. The molecule has 1 aliphatic heterocycles. The summed E-state index contributed by atoms with van der Waals surface area (Å²) in [5.74, 6) is 0. The monoisotopic (exact) mass is 256 g/mol. The molecule has 1 heterocycles. The zero-order valence-corrected chi connectivity index (χ0v) is 10.4. The molecule has 0 radical (unpaired) electrons. The molecule has 4 nitrogen and oxygen atoms in total. The van der Waals surface area contributed by atoms with Crippen LogP contribution in [0.1, 0.15) is 17.2 Å². The van der Waals surface area contributed by atoms with Gasteiger partial charge in [-0.1, -0.05) is 36.4 Å². The summed E-state index contributed by atoms with van der Waals surface area (Å²) in [5, 5.41) is 20.2. The van der Waals surface area contributed by atoms with Gasteiger partial charge < -0.3 is 15.1 Å². The summed E-state index contributed by atoms with van der Waals surface area (Å²) in [5.41, 5.74) is 9.04. The first-order valence-corrected chi connectivity index (χ1v) is 6.26. The summed E-state index contributed by atoms with van der Waals surface area (Å²) >= 11 is 0. The molecule has 2 aromatic rings. The summed E-state index contributed by atoms with van der Waals surface area (Å²) < 4.78 is 0. The second-order valence-corrected chi connectivity index (χ2v) is 4.69. The van der Waals surface area contributed by atoms with Gasteiger partial charge in [0.2, 0.25) is 0 Å². The minimum atomic E-state index is -1.15. The molecule has 0 aliphatic carbocycles. The second-order valence-electron chi connectivity index (χ2n) is 4.69. The van der Waals surface area contributed by atoms with Crippen LogP contribution in [0.3, 0.4) is 0 Å². The molecule has 0 aromatic heterocycles. The predicted molar refractivity (Wildman–Crippen MR) is 73.9 cm³/mol. The van der Waals surface area contributed by atoms with Crippen molar-refractivity contribution in [3.05, 3.63) is 59.7 Å². The lowest BCUT2D eigenvalue weighted by molar-refractivity contribution is 0.178. The average Bonchev–Trinajstić information content (AvgIpc) is 2.53. The Bertz CT molecular complexity index is 598. The number of hydrogen-bond acceptors (Lipinski definition) is 4. The molecule has 1 unspecified atom stereocenters. The maximum Gasteiger partial charge on any atom is 0.185 e. The van der Waals surface area contributed by atoms with E-state index in [1.807, 2.05) is 48.5 Å². The Balaban J connectivity index is 2.25. The van der Waals surface area contributed by atoms with E-state index in [1.54, 1.807) is 4.90 Å². The second kappa shape index (κ2) is 4.66. The van der Waals surface area contributed by atoms with E-state index in [1.165, 1.54) is 0 Å². The van der Waals surface area contributed by atoms with Gasteiger partial charge in [0.25, 0.3) is 0 Å². The van der Waals surface area contributed by atoms with Crippen molar-refractivity contribution in [3.63, 3.8) is 0 Å². The van der Waals surface area contributed by atoms with Gasteiger partial charge in [0.15, 0.2) is 6.35 Å². The number of hydrogen-bond donors (Lipinski definition) is 3. The van der Waals surface area contributed by atoms with Gasteiger partial charge >= 0.3 is 0 Å². The molecule has 0 saturated carbocycles. The first kappa shape index (κ1) is 12.2. The van der Waals surface area contributed by atoms with Gasteiger partial charge in [-0.2, -0.15) is 0 Å². The predicted octanol–water partition coefficient (Wildman–Crippen LogP) is 1.65. The zero-order valence-electron chi connectivity index (χ0n) is 10.4. The van der Waals surface area contributed by atoms with Crippen LogP contribution < -0.4 is 10.6 Å². The van der Waals surface area contributed by atoms with Crippen molar-refractivity contribution in [1.82, 2.24) is 0 Å². The molecule has 0 saturated heterocycles. The number of rotatable bonds is 1. The third kappa shape index (κ3) is 2.00. The number of nitrogens with zero attached hydrogens (tertiary/aromatic N) is 1. The summed E-state index contributed by atoms with van der Waals surface area (Å²) in [6.45, 7) is 0. The Labute approximate surface area is 111 Å². The van der Waals surface area contributed by atoms with Crippen LogP contribution in [-0.4, -0.2) is 16.6 Å². The van der Waals surface area contributed by atoms with Crippen LogP contribution in [-0.2, 0) is 6.42 Å². The summed E-state index contributed by atoms with van der Waals surface area (Å²) in [6.07, 6.45) is -1.23. The Morgan fingerprint density at radius 1 is 1.05 bits per heavy atom. The van der Waals surface area contributed by atoms with E-state index in [4.69, 9.17) is 5.73 Å². The van der Waals surface area contributed by atoms with E-state index in [0.29, 0.717) is 6.42 Å². The van der Waals surface area contributed by atoms with Crippen LogP contribution in [0.5, 0.6) is 0 Å². The fraction of sp³-hybridized carbons (Fsp3) is 0.200. The summed E-state index contributed by atoms with van der Waals surface area (Å²) in [4.78, 5) is 1.65. The SMILES string of the molecule is NC(O)N1c2ccccc2C[C@H](O)c2ccccc21.